The topological polar surface area (TPSA) is 36.4 Å². The average Bonchev–Trinajstić information content (AvgIpc) is 2.67. The first kappa shape index (κ1) is 13.3. The fourth-order valence-corrected chi connectivity index (χ4v) is 2.72. The molecule has 1 aliphatic carbocycles. The highest BCUT2D eigenvalue weighted by molar-refractivity contribution is 5.41. The quantitative estimate of drug-likeness (QED) is 0.834. The maximum absolute atomic E-state index is 9.64. The molecule has 1 unspecified atom stereocenters. The lowest BCUT2D eigenvalue weighted by molar-refractivity contribution is 0.199. The summed E-state index contributed by atoms with van der Waals surface area (Å²) < 4.78 is 0. The van der Waals surface area contributed by atoms with E-state index in [1.807, 2.05) is 12.1 Å². The number of hydrogen-bond donors (Lipinski definition) is 1. The van der Waals surface area contributed by atoms with Crippen molar-refractivity contribution in [2.75, 3.05) is 11.9 Å². The maximum Gasteiger partial charge on any atom is 0.128 e. The minimum absolute atomic E-state index is 0.422. The first-order chi connectivity index (χ1) is 8.68. The summed E-state index contributed by atoms with van der Waals surface area (Å²) in [6.45, 7) is 1.80. The molecule has 3 nitrogen and oxygen atoms in total. The summed E-state index contributed by atoms with van der Waals surface area (Å²) in [5.74, 6) is 0.986. The molecule has 0 aromatic carbocycles. The molecule has 1 aromatic heterocycles. The van der Waals surface area contributed by atoms with Crippen molar-refractivity contribution in [3.63, 3.8) is 0 Å². The third-order valence-electron chi connectivity index (χ3n) is 3.99. The number of rotatable bonds is 3. The average molecular weight is 248 g/mol. The molecule has 0 amide bonds. The standard InChI is InChI=1S/C15H24N2O/c1-12(18)13-9-10-16-15(11-13)17(2)14-7-5-3-4-6-8-14/h9-12,14,18H,3-8H2,1-2H3. The lowest BCUT2D eigenvalue weighted by Gasteiger charge is -2.28. The molecule has 0 spiro atoms. The number of pyridine rings is 1. The van der Waals surface area contributed by atoms with E-state index in [2.05, 4.69) is 16.9 Å². The highest BCUT2D eigenvalue weighted by Crippen LogP contribution is 2.25. The molecule has 1 N–H and O–H groups in total. The summed E-state index contributed by atoms with van der Waals surface area (Å²) in [5, 5.41) is 9.64. The SMILES string of the molecule is CC(O)c1ccnc(N(C)C2CCCCCC2)c1. The minimum Gasteiger partial charge on any atom is -0.389 e. The Labute approximate surface area is 110 Å². The highest BCUT2D eigenvalue weighted by atomic mass is 16.3. The zero-order valence-corrected chi connectivity index (χ0v) is 11.5. The molecule has 2 rings (SSSR count). The monoisotopic (exact) mass is 248 g/mol. The third kappa shape index (κ3) is 3.22. The molecule has 100 valence electrons. The smallest absolute Gasteiger partial charge is 0.128 e. The van der Waals surface area contributed by atoms with Crippen LogP contribution in [0.3, 0.4) is 0 Å². The summed E-state index contributed by atoms with van der Waals surface area (Å²) in [6.07, 6.45) is 9.28. The molecule has 0 aliphatic heterocycles. The second-order valence-corrected chi connectivity index (χ2v) is 5.38. The summed E-state index contributed by atoms with van der Waals surface area (Å²) in [4.78, 5) is 6.73. The molecule has 3 heteroatoms. The third-order valence-corrected chi connectivity index (χ3v) is 3.99. The van der Waals surface area contributed by atoms with E-state index < -0.39 is 6.10 Å². The zero-order valence-electron chi connectivity index (χ0n) is 11.5. The van der Waals surface area contributed by atoms with E-state index >= 15 is 0 Å². The Kier molecular flexibility index (Phi) is 4.59. The van der Waals surface area contributed by atoms with Gasteiger partial charge in [0.15, 0.2) is 0 Å². The summed E-state index contributed by atoms with van der Waals surface area (Å²) in [7, 11) is 2.13. The van der Waals surface area contributed by atoms with Crippen LogP contribution in [-0.4, -0.2) is 23.2 Å². The molecule has 0 radical (unpaired) electrons. The van der Waals surface area contributed by atoms with Gasteiger partial charge >= 0.3 is 0 Å². The molecular formula is C15H24N2O. The second-order valence-electron chi connectivity index (χ2n) is 5.38. The molecule has 0 bridgehead atoms. The molecule has 1 saturated carbocycles. The van der Waals surface area contributed by atoms with Crippen LogP contribution in [0.4, 0.5) is 5.82 Å². The molecular weight excluding hydrogens is 224 g/mol. The van der Waals surface area contributed by atoms with E-state index in [4.69, 9.17) is 0 Å². The van der Waals surface area contributed by atoms with Crippen LogP contribution in [0.1, 0.15) is 57.1 Å². The van der Waals surface area contributed by atoms with Crippen LogP contribution in [0.5, 0.6) is 0 Å². The second kappa shape index (κ2) is 6.19. The number of hydrogen-bond acceptors (Lipinski definition) is 3. The molecule has 0 saturated heterocycles. The van der Waals surface area contributed by atoms with Crippen LogP contribution in [0.25, 0.3) is 0 Å². The minimum atomic E-state index is -0.422. The Morgan fingerprint density at radius 2 is 1.94 bits per heavy atom. The first-order valence-electron chi connectivity index (χ1n) is 7.05. The Bertz CT molecular complexity index is 371. The van der Waals surface area contributed by atoms with E-state index in [1.165, 1.54) is 38.5 Å². The van der Waals surface area contributed by atoms with Gasteiger partial charge in [0.25, 0.3) is 0 Å². The summed E-state index contributed by atoms with van der Waals surface area (Å²) in [5.41, 5.74) is 0.945. The van der Waals surface area contributed by atoms with Gasteiger partial charge in [0, 0.05) is 19.3 Å². The molecule has 1 heterocycles. The van der Waals surface area contributed by atoms with Crippen LogP contribution in [-0.2, 0) is 0 Å². The van der Waals surface area contributed by atoms with Gasteiger partial charge in [-0.3, -0.25) is 0 Å². The first-order valence-corrected chi connectivity index (χ1v) is 7.05. The fourth-order valence-electron chi connectivity index (χ4n) is 2.72. The number of anilines is 1. The highest BCUT2D eigenvalue weighted by Gasteiger charge is 2.18. The number of aliphatic hydroxyl groups is 1. The zero-order chi connectivity index (χ0) is 13.0. The van der Waals surface area contributed by atoms with Crippen LogP contribution in [0.15, 0.2) is 18.3 Å². The van der Waals surface area contributed by atoms with Crippen LogP contribution in [0, 0.1) is 0 Å². The van der Waals surface area contributed by atoms with Crippen LogP contribution in [0.2, 0.25) is 0 Å². The van der Waals surface area contributed by atoms with Crippen molar-refractivity contribution in [1.29, 1.82) is 0 Å². The lowest BCUT2D eigenvalue weighted by atomic mass is 10.1. The van der Waals surface area contributed by atoms with Gasteiger partial charge in [-0.25, -0.2) is 4.98 Å². The van der Waals surface area contributed by atoms with Gasteiger partial charge in [-0.1, -0.05) is 25.7 Å². The van der Waals surface area contributed by atoms with E-state index in [-0.39, 0.29) is 0 Å². The Hall–Kier alpha value is -1.09. The normalized spacial score (nSPS) is 19.3. The van der Waals surface area contributed by atoms with Crippen molar-refractivity contribution in [1.82, 2.24) is 4.98 Å². The van der Waals surface area contributed by atoms with Gasteiger partial charge in [0.2, 0.25) is 0 Å². The number of aromatic nitrogens is 1. The number of aliphatic hydroxyl groups excluding tert-OH is 1. The van der Waals surface area contributed by atoms with Crippen molar-refractivity contribution in [3.8, 4) is 0 Å². The predicted molar refractivity (Wildman–Crippen MR) is 74.8 cm³/mol. The van der Waals surface area contributed by atoms with E-state index in [0.29, 0.717) is 6.04 Å². The Balaban J connectivity index is 2.11. The maximum atomic E-state index is 9.64. The van der Waals surface area contributed by atoms with Gasteiger partial charge in [0.05, 0.1) is 6.10 Å². The van der Waals surface area contributed by atoms with Crippen LogP contribution >= 0.6 is 0 Å². The van der Waals surface area contributed by atoms with E-state index in [9.17, 15) is 5.11 Å². The lowest BCUT2D eigenvalue weighted by Crippen LogP contribution is -2.31. The van der Waals surface area contributed by atoms with Crippen molar-refractivity contribution < 1.29 is 5.11 Å². The molecule has 18 heavy (non-hydrogen) atoms. The largest absolute Gasteiger partial charge is 0.389 e. The Morgan fingerprint density at radius 3 is 2.56 bits per heavy atom. The van der Waals surface area contributed by atoms with Crippen LogP contribution < -0.4 is 4.90 Å². The van der Waals surface area contributed by atoms with E-state index in [1.54, 1.807) is 13.1 Å². The van der Waals surface area contributed by atoms with Gasteiger partial charge in [-0.15, -0.1) is 0 Å². The molecule has 1 aliphatic rings. The van der Waals surface area contributed by atoms with E-state index in [0.717, 1.165) is 11.4 Å². The van der Waals surface area contributed by atoms with Gasteiger partial charge in [0.1, 0.15) is 5.82 Å². The van der Waals surface area contributed by atoms with Crippen molar-refractivity contribution in [3.05, 3.63) is 23.9 Å². The van der Waals surface area contributed by atoms with Crippen molar-refractivity contribution in [2.24, 2.45) is 0 Å². The van der Waals surface area contributed by atoms with Gasteiger partial charge in [-0.05, 0) is 37.5 Å². The fraction of sp³-hybridized carbons (Fsp3) is 0.667. The predicted octanol–water partition coefficient (Wildman–Crippen LogP) is 3.29. The van der Waals surface area contributed by atoms with Gasteiger partial charge in [-0.2, -0.15) is 0 Å². The Morgan fingerprint density at radius 1 is 1.28 bits per heavy atom. The molecule has 1 fully saturated rings. The van der Waals surface area contributed by atoms with Crippen molar-refractivity contribution in [2.45, 2.75) is 57.6 Å². The summed E-state index contributed by atoms with van der Waals surface area (Å²) in [6, 6.07) is 4.49. The van der Waals surface area contributed by atoms with Crippen molar-refractivity contribution >= 4 is 5.82 Å². The van der Waals surface area contributed by atoms with Gasteiger partial charge < -0.3 is 10.0 Å². The molecule has 1 aromatic rings. The number of nitrogens with zero attached hydrogens (tertiary/aromatic N) is 2. The summed E-state index contributed by atoms with van der Waals surface area (Å²) >= 11 is 0. The molecule has 1 atom stereocenters.